The summed E-state index contributed by atoms with van der Waals surface area (Å²) in [7, 11) is 0. The Labute approximate surface area is 152 Å². The van der Waals surface area contributed by atoms with Crippen LogP contribution in [0.3, 0.4) is 0 Å². The lowest BCUT2D eigenvalue weighted by Gasteiger charge is -2.20. The zero-order valence-electron chi connectivity index (χ0n) is 14.5. The number of rotatable bonds is 6. The average Bonchev–Trinajstić information content (AvgIpc) is 3.32. The van der Waals surface area contributed by atoms with Crippen molar-refractivity contribution in [3.63, 3.8) is 0 Å². The number of aryl methyl sites for hydroxylation is 1. The van der Waals surface area contributed by atoms with E-state index in [9.17, 15) is 4.79 Å². The van der Waals surface area contributed by atoms with Gasteiger partial charge in [0.1, 0.15) is 6.61 Å². The molecular formula is C20H24N2O2S. The van der Waals surface area contributed by atoms with E-state index in [1.54, 1.807) is 0 Å². The molecule has 0 spiro atoms. The highest BCUT2D eigenvalue weighted by Gasteiger charge is 2.40. The highest BCUT2D eigenvalue weighted by atomic mass is 32.1. The molecule has 4 rings (SSSR count). The summed E-state index contributed by atoms with van der Waals surface area (Å²) in [6, 6.07) is 8.19. The van der Waals surface area contributed by atoms with Crippen LogP contribution in [0.1, 0.15) is 43.4 Å². The van der Waals surface area contributed by atoms with Crippen LogP contribution in [0.25, 0.3) is 0 Å². The molecule has 1 aromatic heterocycles. The van der Waals surface area contributed by atoms with Gasteiger partial charge in [-0.05, 0) is 56.1 Å². The van der Waals surface area contributed by atoms with Crippen LogP contribution in [0.5, 0.6) is 0 Å². The number of esters is 1. The average molecular weight is 356 g/mol. The van der Waals surface area contributed by atoms with Gasteiger partial charge in [-0.2, -0.15) is 0 Å². The quantitative estimate of drug-likeness (QED) is 0.735. The number of nitrogens with zero attached hydrogens (tertiary/aromatic N) is 1. The molecule has 3 atom stereocenters. The first kappa shape index (κ1) is 16.6. The smallest absolute Gasteiger partial charge is 0.306 e. The minimum atomic E-state index is -0.0707. The fourth-order valence-corrected chi connectivity index (χ4v) is 4.96. The third kappa shape index (κ3) is 4.03. The summed E-state index contributed by atoms with van der Waals surface area (Å²) in [4.78, 5) is 16.6. The lowest BCUT2D eigenvalue weighted by Crippen LogP contribution is -2.17. The van der Waals surface area contributed by atoms with Crippen LogP contribution < -0.4 is 5.32 Å². The summed E-state index contributed by atoms with van der Waals surface area (Å²) in [6.07, 6.45) is 5.81. The van der Waals surface area contributed by atoms with Crippen molar-refractivity contribution in [1.82, 2.24) is 4.98 Å². The van der Waals surface area contributed by atoms with Crippen molar-refractivity contribution in [2.75, 3.05) is 5.32 Å². The van der Waals surface area contributed by atoms with Crippen molar-refractivity contribution in [2.24, 2.45) is 17.8 Å². The Hall–Kier alpha value is -1.88. The molecule has 5 heteroatoms. The number of carbonyl (C=O) groups is 1. The SMILES string of the molecule is Cc1ccc(Nc2nc(COC(=O)C[C@H]3C[C@H]4CC[C@@H]3C4)cs2)cc1. The van der Waals surface area contributed by atoms with E-state index in [0.29, 0.717) is 12.3 Å². The van der Waals surface area contributed by atoms with Crippen LogP contribution in [-0.4, -0.2) is 11.0 Å². The molecule has 0 aliphatic heterocycles. The topological polar surface area (TPSA) is 51.2 Å². The Morgan fingerprint density at radius 3 is 2.84 bits per heavy atom. The van der Waals surface area contributed by atoms with Crippen molar-refractivity contribution in [3.8, 4) is 0 Å². The lowest BCUT2D eigenvalue weighted by molar-refractivity contribution is -0.146. The first-order chi connectivity index (χ1) is 12.2. The van der Waals surface area contributed by atoms with Gasteiger partial charge in [-0.3, -0.25) is 4.79 Å². The van der Waals surface area contributed by atoms with E-state index in [4.69, 9.17) is 4.74 Å². The molecule has 1 aromatic carbocycles. The minimum absolute atomic E-state index is 0.0707. The summed E-state index contributed by atoms with van der Waals surface area (Å²) >= 11 is 1.53. The number of nitrogens with one attached hydrogen (secondary N) is 1. The Morgan fingerprint density at radius 1 is 1.28 bits per heavy atom. The number of benzene rings is 1. The van der Waals surface area contributed by atoms with Crippen molar-refractivity contribution in [1.29, 1.82) is 0 Å². The van der Waals surface area contributed by atoms with Gasteiger partial charge < -0.3 is 10.1 Å². The predicted molar refractivity (Wildman–Crippen MR) is 99.9 cm³/mol. The molecule has 4 nitrogen and oxygen atoms in total. The first-order valence-corrected chi connectivity index (χ1v) is 9.97. The summed E-state index contributed by atoms with van der Waals surface area (Å²) in [5, 5.41) is 6.05. The summed E-state index contributed by atoms with van der Waals surface area (Å²) in [5.41, 5.74) is 3.05. The second-order valence-corrected chi connectivity index (χ2v) is 8.29. The summed E-state index contributed by atoms with van der Waals surface area (Å²) in [6.45, 7) is 2.34. The minimum Gasteiger partial charge on any atom is -0.459 e. The molecular weight excluding hydrogens is 332 g/mol. The van der Waals surface area contributed by atoms with Gasteiger partial charge in [0.05, 0.1) is 5.69 Å². The van der Waals surface area contributed by atoms with E-state index >= 15 is 0 Å². The standard InChI is InChI=1S/C20H24N2O2S/c1-13-2-6-17(7-3-13)21-20-22-18(12-25-20)11-24-19(23)10-16-9-14-4-5-15(16)8-14/h2-3,6-7,12,14-16H,4-5,8-11H2,1H3,(H,21,22)/t14-,15+,16+/m0/s1. The maximum Gasteiger partial charge on any atom is 0.306 e. The van der Waals surface area contributed by atoms with Gasteiger partial charge in [0.25, 0.3) is 0 Å². The monoisotopic (exact) mass is 356 g/mol. The Balaban J connectivity index is 1.25. The lowest BCUT2D eigenvalue weighted by atomic mass is 9.86. The second kappa shape index (κ2) is 7.16. The Kier molecular flexibility index (Phi) is 4.75. The molecule has 0 amide bonds. The van der Waals surface area contributed by atoms with Gasteiger partial charge in [-0.15, -0.1) is 11.3 Å². The predicted octanol–water partition coefficient (Wildman–Crippen LogP) is 5.06. The number of thiazole rings is 1. The van der Waals surface area contributed by atoms with Crippen LogP contribution in [0.4, 0.5) is 10.8 Å². The zero-order valence-corrected chi connectivity index (χ0v) is 15.3. The number of hydrogen-bond acceptors (Lipinski definition) is 5. The molecule has 0 radical (unpaired) electrons. The van der Waals surface area contributed by atoms with Crippen LogP contribution in [-0.2, 0) is 16.1 Å². The number of hydrogen-bond donors (Lipinski definition) is 1. The largest absolute Gasteiger partial charge is 0.459 e. The van der Waals surface area contributed by atoms with Gasteiger partial charge in [0.15, 0.2) is 5.13 Å². The van der Waals surface area contributed by atoms with Gasteiger partial charge >= 0.3 is 5.97 Å². The number of anilines is 2. The molecule has 1 heterocycles. The molecule has 25 heavy (non-hydrogen) atoms. The molecule has 2 aliphatic carbocycles. The molecule has 2 aromatic rings. The first-order valence-electron chi connectivity index (χ1n) is 9.09. The van der Waals surface area contributed by atoms with Gasteiger partial charge in [-0.25, -0.2) is 4.98 Å². The zero-order chi connectivity index (χ0) is 17.2. The molecule has 2 saturated carbocycles. The van der Waals surface area contributed by atoms with E-state index in [2.05, 4.69) is 29.4 Å². The second-order valence-electron chi connectivity index (χ2n) is 7.43. The fourth-order valence-electron chi connectivity index (χ4n) is 4.24. The Bertz CT molecular complexity index is 740. The summed E-state index contributed by atoms with van der Waals surface area (Å²) in [5.74, 6) is 2.12. The normalized spacial score (nSPS) is 24.4. The highest BCUT2D eigenvalue weighted by molar-refractivity contribution is 7.13. The highest BCUT2D eigenvalue weighted by Crippen LogP contribution is 2.49. The third-order valence-electron chi connectivity index (χ3n) is 5.55. The molecule has 2 bridgehead atoms. The number of aromatic nitrogens is 1. The van der Waals surface area contributed by atoms with Crippen LogP contribution in [0.2, 0.25) is 0 Å². The van der Waals surface area contributed by atoms with E-state index in [0.717, 1.165) is 28.3 Å². The van der Waals surface area contributed by atoms with E-state index in [-0.39, 0.29) is 12.6 Å². The van der Waals surface area contributed by atoms with Crippen molar-refractivity contribution >= 4 is 28.1 Å². The number of ether oxygens (including phenoxy) is 1. The van der Waals surface area contributed by atoms with Crippen LogP contribution in [0.15, 0.2) is 29.6 Å². The molecule has 0 unspecified atom stereocenters. The van der Waals surface area contributed by atoms with Crippen molar-refractivity contribution in [2.45, 2.75) is 45.6 Å². The van der Waals surface area contributed by atoms with Crippen LogP contribution in [0, 0.1) is 24.7 Å². The summed E-state index contributed by atoms with van der Waals surface area (Å²) < 4.78 is 5.45. The van der Waals surface area contributed by atoms with Gasteiger partial charge in [-0.1, -0.05) is 24.1 Å². The van der Waals surface area contributed by atoms with Crippen molar-refractivity contribution in [3.05, 3.63) is 40.9 Å². The molecule has 2 aliphatic rings. The fraction of sp³-hybridized carbons (Fsp3) is 0.500. The number of fused-ring (bicyclic) bond motifs is 2. The van der Waals surface area contributed by atoms with Crippen molar-refractivity contribution < 1.29 is 9.53 Å². The van der Waals surface area contributed by atoms with Gasteiger partial charge in [0.2, 0.25) is 0 Å². The van der Waals surface area contributed by atoms with Gasteiger partial charge in [0, 0.05) is 17.5 Å². The Morgan fingerprint density at radius 2 is 2.12 bits per heavy atom. The van der Waals surface area contributed by atoms with E-state index in [1.165, 1.54) is 42.6 Å². The number of carbonyl (C=O) groups excluding carboxylic acids is 1. The third-order valence-corrected chi connectivity index (χ3v) is 6.36. The maximum atomic E-state index is 12.1. The molecule has 2 fully saturated rings. The van der Waals surface area contributed by atoms with E-state index < -0.39 is 0 Å². The maximum absolute atomic E-state index is 12.1. The van der Waals surface area contributed by atoms with Crippen LogP contribution >= 0.6 is 11.3 Å². The molecule has 1 N–H and O–H groups in total. The van der Waals surface area contributed by atoms with E-state index in [1.807, 2.05) is 17.5 Å². The molecule has 132 valence electrons. The molecule has 0 saturated heterocycles.